The molecule has 2 N–H and O–H groups in total. The molecule has 1 atom stereocenters. The van der Waals surface area contributed by atoms with E-state index in [1.807, 2.05) is 12.1 Å². The molecule has 0 radical (unpaired) electrons. The molecule has 0 saturated carbocycles. The Morgan fingerprint density at radius 3 is 3.12 bits per heavy atom. The first-order chi connectivity index (χ1) is 7.83. The molecule has 1 fully saturated rings. The fraction of sp³-hybridized carbons (Fsp3) is 0.545. The fourth-order valence-corrected chi connectivity index (χ4v) is 1.75. The first-order valence-corrected chi connectivity index (χ1v) is 5.40. The highest BCUT2D eigenvalue weighted by Gasteiger charge is 2.19. The number of pyridine rings is 1. The second kappa shape index (κ2) is 5.14. The quantitative estimate of drug-likeness (QED) is 0.796. The van der Waals surface area contributed by atoms with Crippen LogP contribution in [-0.4, -0.2) is 44.4 Å². The Morgan fingerprint density at radius 2 is 2.50 bits per heavy atom. The van der Waals surface area contributed by atoms with Gasteiger partial charge in [0, 0.05) is 19.6 Å². The molecule has 0 spiro atoms. The van der Waals surface area contributed by atoms with Crippen molar-refractivity contribution in [2.24, 2.45) is 5.73 Å². The van der Waals surface area contributed by atoms with Crippen LogP contribution in [-0.2, 0) is 4.74 Å². The Hall–Kier alpha value is -1.33. The van der Waals surface area contributed by atoms with E-state index in [1.165, 1.54) is 0 Å². The summed E-state index contributed by atoms with van der Waals surface area (Å²) in [5, 5.41) is 0. The molecule has 5 heteroatoms. The third-order valence-electron chi connectivity index (χ3n) is 2.68. The van der Waals surface area contributed by atoms with E-state index in [0.29, 0.717) is 13.2 Å². The SMILES string of the molecule is COc1ccc(N2CCOC(CN)C2)nc1. The van der Waals surface area contributed by atoms with Crippen molar-refractivity contribution in [2.75, 3.05) is 38.3 Å². The molecule has 1 aromatic rings. The maximum atomic E-state index is 5.60. The number of morpholine rings is 1. The smallest absolute Gasteiger partial charge is 0.137 e. The van der Waals surface area contributed by atoms with Gasteiger partial charge in [0.05, 0.1) is 26.0 Å². The van der Waals surface area contributed by atoms with Gasteiger partial charge < -0.3 is 20.1 Å². The highest BCUT2D eigenvalue weighted by Crippen LogP contribution is 2.17. The summed E-state index contributed by atoms with van der Waals surface area (Å²) in [6.45, 7) is 2.91. The zero-order valence-corrected chi connectivity index (χ0v) is 9.43. The second-order valence-corrected chi connectivity index (χ2v) is 3.73. The summed E-state index contributed by atoms with van der Waals surface area (Å²) in [7, 11) is 1.63. The summed E-state index contributed by atoms with van der Waals surface area (Å²) >= 11 is 0. The van der Waals surface area contributed by atoms with Crippen LogP contribution in [0.15, 0.2) is 18.3 Å². The average Bonchev–Trinajstić information content (AvgIpc) is 2.39. The van der Waals surface area contributed by atoms with Crippen molar-refractivity contribution in [1.82, 2.24) is 4.98 Å². The van der Waals surface area contributed by atoms with Crippen molar-refractivity contribution in [3.05, 3.63) is 18.3 Å². The highest BCUT2D eigenvalue weighted by molar-refractivity contribution is 5.41. The van der Waals surface area contributed by atoms with Gasteiger partial charge in [-0.1, -0.05) is 0 Å². The average molecular weight is 223 g/mol. The third kappa shape index (κ3) is 2.43. The number of anilines is 1. The van der Waals surface area contributed by atoms with Crippen LogP contribution < -0.4 is 15.4 Å². The standard InChI is InChI=1S/C11H17N3O2/c1-15-9-2-3-11(13-7-9)14-4-5-16-10(6-12)8-14/h2-3,7,10H,4-6,8,12H2,1H3. The number of hydrogen-bond acceptors (Lipinski definition) is 5. The normalized spacial score (nSPS) is 20.9. The monoisotopic (exact) mass is 223 g/mol. The number of hydrogen-bond donors (Lipinski definition) is 1. The molecule has 0 aromatic carbocycles. The first kappa shape index (κ1) is 11.2. The van der Waals surface area contributed by atoms with Crippen LogP contribution in [0.5, 0.6) is 5.75 Å². The molecule has 1 saturated heterocycles. The predicted molar refractivity (Wildman–Crippen MR) is 61.8 cm³/mol. The molecule has 1 aliphatic heterocycles. The van der Waals surface area contributed by atoms with E-state index < -0.39 is 0 Å². The summed E-state index contributed by atoms with van der Waals surface area (Å²) in [6, 6.07) is 3.87. The fourth-order valence-electron chi connectivity index (χ4n) is 1.75. The zero-order valence-electron chi connectivity index (χ0n) is 9.43. The highest BCUT2D eigenvalue weighted by atomic mass is 16.5. The molecule has 88 valence electrons. The van der Waals surface area contributed by atoms with Crippen molar-refractivity contribution < 1.29 is 9.47 Å². The Kier molecular flexibility index (Phi) is 3.58. The maximum Gasteiger partial charge on any atom is 0.137 e. The van der Waals surface area contributed by atoms with Crippen LogP contribution in [0.2, 0.25) is 0 Å². The molecular formula is C11H17N3O2. The molecule has 2 heterocycles. The van der Waals surface area contributed by atoms with Crippen LogP contribution in [0, 0.1) is 0 Å². The van der Waals surface area contributed by atoms with Crippen molar-refractivity contribution in [3.8, 4) is 5.75 Å². The molecule has 1 aromatic heterocycles. The van der Waals surface area contributed by atoms with E-state index >= 15 is 0 Å². The molecule has 1 unspecified atom stereocenters. The summed E-state index contributed by atoms with van der Waals surface area (Å²) in [5.74, 6) is 1.72. The van der Waals surface area contributed by atoms with Crippen LogP contribution in [0.1, 0.15) is 0 Å². The number of methoxy groups -OCH3 is 1. The largest absolute Gasteiger partial charge is 0.495 e. The van der Waals surface area contributed by atoms with Crippen molar-refractivity contribution in [2.45, 2.75) is 6.10 Å². The predicted octanol–water partition coefficient (Wildman–Crippen LogP) is 0.254. The molecule has 0 bridgehead atoms. The Balaban J connectivity index is 2.05. The van der Waals surface area contributed by atoms with Gasteiger partial charge in [-0.05, 0) is 12.1 Å². The summed E-state index contributed by atoms with van der Waals surface area (Å²) in [6.07, 6.45) is 1.83. The molecular weight excluding hydrogens is 206 g/mol. The van der Waals surface area contributed by atoms with Gasteiger partial charge in [-0.2, -0.15) is 0 Å². The van der Waals surface area contributed by atoms with Gasteiger partial charge in [-0.3, -0.25) is 0 Å². The Morgan fingerprint density at radius 1 is 1.62 bits per heavy atom. The second-order valence-electron chi connectivity index (χ2n) is 3.73. The van der Waals surface area contributed by atoms with Gasteiger partial charge in [0.1, 0.15) is 11.6 Å². The zero-order chi connectivity index (χ0) is 11.4. The van der Waals surface area contributed by atoms with E-state index in [1.54, 1.807) is 13.3 Å². The van der Waals surface area contributed by atoms with Gasteiger partial charge in [0.25, 0.3) is 0 Å². The number of nitrogens with two attached hydrogens (primary N) is 1. The lowest BCUT2D eigenvalue weighted by Gasteiger charge is -2.33. The van der Waals surface area contributed by atoms with Crippen molar-refractivity contribution in [3.63, 3.8) is 0 Å². The minimum Gasteiger partial charge on any atom is -0.495 e. The van der Waals surface area contributed by atoms with Gasteiger partial charge in [-0.25, -0.2) is 4.98 Å². The van der Waals surface area contributed by atoms with Crippen molar-refractivity contribution >= 4 is 5.82 Å². The minimum atomic E-state index is 0.109. The van der Waals surface area contributed by atoms with Gasteiger partial charge >= 0.3 is 0 Å². The molecule has 1 aliphatic rings. The maximum absolute atomic E-state index is 5.60. The summed E-state index contributed by atoms with van der Waals surface area (Å²) < 4.78 is 10.6. The number of nitrogens with zero attached hydrogens (tertiary/aromatic N) is 2. The van der Waals surface area contributed by atoms with Gasteiger partial charge in [0.15, 0.2) is 0 Å². The lowest BCUT2D eigenvalue weighted by Crippen LogP contribution is -2.46. The minimum absolute atomic E-state index is 0.109. The Labute approximate surface area is 95.2 Å². The van der Waals surface area contributed by atoms with Gasteiger partial charge in [-0.15, -0.1) is 0 Å². The van der Waals surface area contributed by atoms with Gasteiger partial charge in [0.2, 0.25) is 0 Å². The lowest BCUT2D eigenvalue weighted by atomic mass is 10.2. The number of aromatic nitrogens is 1. The Bertz CT molecular complexity index is 329. The first-order valence-electron chi connectivity index (χ1n) is 5.40. The number of rotatable bonds is 3. The van der Waals surface area contributed by atoms with E-state index in [2.05, 4.69) is 9.88 Å². The van der Waals surface area contributed by atoms with Crippen LogP contribution in [0.25, 0.3) is 0 Å². The van der Waals surface area contributed by atoms with E-state index in [9.17, 15) is 0 Å². The third-order valence-corrected chi connectivity index (χ3v) is 2.68. The van der Waals surface area contributed by atoms with Crippen LogP contribution in [0.4, 0.5) is 5.82 Å². The van der Waals surface area contributed by atoms with E-state index in [4.69, 9.17) is 15.2 Å². The molecule has 2 rings (SSSR count). The molecule has 16 heavy (non-hydrogen) atoms. The lowest BCUT2D eigenvalue weighted by molar-refractivity contribution is 0.0463. The molecule has 0 amide bonds. The van der Waals surface area contributed by atoms with Crippen molar-refractivity contribution in [1.29, 1.82) is 0 Å². The van der Waals surface area contributed by atoms with Crippen LogP contribution >= 0.6 is 0 Å². The summed E-state index contributed by atoms with van der Waals surface area (Å²) in [4.78, 5) is 6.53. The summed E-state index contributed by atoms with van der Waals surface area (Å²) in [5.41, 5.74) is 5.60. The molecule has 0 aliphatic carbocycles. The molecule has 5 nitrogen and oxygen atoms in total. The number of ether oxygens (including phenoxy) is 2. The van der Waals surface area contributed by atoms with E-state index in [-0.39, 0.29) is 6.10 Å². The van der Waals surface area contributed by atoms with E-state index in [0.717, 1.165) is 24.7 Å². The topological polar surface area (TPSA) is 60.6 Å². The van der Waals surface area contributed by atoms with Crippen LogP contribution in [0.3, 0.4) is 0 Å².